The third kappa shape index (κ3) is 2.94. The smallest absolute Gasteiger partial charge is 0.142 e. The molecule has 0 atom stereocenters. The summed E-state index contributed by atoms with van der Waals surface area (Å²) >= 11 is 0. The predicted molar refractivity (Wildman–Crippen MR) is 73.2 cm³/mol. The molecule has 3 nitrogen and oxygen atoms in total. The van der Waals surface area contributed by atoms with Crippen molar-refractivity contribution in [1.29, 1.82) is 0 Å². The molecule has 2 N–H and O–H groups in total. The van der Waals surface area contributed by atoms with Crippen molar-refractivity contribution in [1.82, 2.24) is 0 Å². The second-order valence-electron chi connectivity index (χ2n) is 4.23. The van der Waals surface area contributed by atoms with Gasteiger partial charge in [0.15, 0.2) is 0 Å². The number of ether oxygens (including phenoxy) is 1. The van der Waals surface area contributed by atoms with E-state index in [1.165, 1.54) is 0 Å². The van der Waals surface area contributed by atoms with Gasteiger partial charge in [-0.15, -0.1) is 0 Å². The van der Waals surface area contributed by atoms with Crippen LogP contribution in [0.2, 0.25) is 0 Å². The number of rotatable bonds is 4. The van der Waals surface area contributed by atoms with Gasteiger partial charge in [0.2, 0.25) is 0 Å². The Balaban J connectivity index is 2.10. The highest BCUT2D eigenvalue weighted by Crippen LogP contribution is 2.26. The molecule has 0 unspecified atom stereocenters. The van der Waals surface area contributed by atoms with Gasteiger partial charge in [0.1, 0.15) is 11.5 Å². The van der Waals surface area contributed by atoms with Gasteiger partial charge < -0.3 is 15.2 Å². The van der Waals surface area contributed by atoms with Crippen LogP contribution in [0.1, 0.15) is 11.1 Å². The summed E-state index contributed by atoms with van der Waals surface area (Å²) in [5.41, 5.74) is 3.14. The monoisotopic (exact) mass is 243 g/mol. The molecule has 3 heteroatoms. The van der Waals surface area contributed by atoms with Crippen molar-refractivity contribution in [3.05, 3.63) is 53.6 Å². The van der Waals surface area contributed by atoms with Crippen LogP contribution in [-0.4, -0.2) is 12.2 Å². The van der Waals surface area contributed by atoms with Crippen LogP contribution in [0.5, 0.6) is 11.5 Å². The van der Waals surface area contributed by atoms with Crippen LogP contribution in [0.15, 0.2) is 42.5 Å². The van der Waals surface area contributed by atoms with Crippen molar-refractivity contribution in [2.24, 2.45) is 0 Å². The molecular formula is C15H17NO2. The van der Waals surface area contributed by atoms with Crippen molar-refractivity contribution in [3.8, 4) is 11.5 Å². The van der Waals surface area contributed by atoms with E-state index in [9.17, 15) is 5.11 Å². The molecule has 0 bridgehead atoms. The molecule has 0 saturated heterocycles. The van der Waals surface area contributed by atoms with Gasteiger partial charge in [-0.2, -0.15) is 0 Å². The van der Waals surface area contributed by atoms with Gasteiger partial charge in [-0.3, -0.25) is 0 Å². The fraction of sp³-hybridized carbons (Fsp3) is 0.200. The maximum Gasteiger partial charge on any atom is 0.142 e. The third-order valence-electron chi connectivity index (χ3n) is 2.75. The minimum atomic E-state index is 0.283. The van der Waals surface area contributed by atoms with Crippen molar-refractivity contribution in [3.63, 3.8) is 0 Å². The number of hydrogen-bond acceptors (Lipinski definition) is 3. The van der Waals surface area contributed by atoms with E-state index in [1.54, 1.807) is 19.2 Å². The van der Waals surface area contributed by atoms with Crippen LogP contribution < -0.4 is 10.1 Å². The van der Waals surface area contributed by atoms with Crippen molar-refractivity contribution < 1.29 is 9.84 Å². The third-order valence-corrected chi connectivity index (χ3v) is 2.75. The Morgan fingerprint density at radius 2 is 2.00 bits per heavy atom. The SMILES string of the molecule is COc1cc(C)ccc1NCc1cccc(O)c1. The zero-order valence-electron chi connectivity index (χ0n) is 10.6. The van der Waals surface area contributed by atoms with Crippen LogP contribution in [-0.2, 0) is 6.54 Å². The number of benzene rings is 2. The lowest BCUT2D eigenvalue weighted by atomic mass is 10.2. The highest BCUT2D eigenvalue weighted by molar-refractivity contribution is 5.57. The van der Waals surface area contributed by atoms with Crippen molar-refractivity contribution in [2.75, 3.05) is 12.4 Å². The summed E-state index contributed by atoms with van der Waals surface area (Å²) in [5, 5.41) is 12.7. The Morgan fingerprint density at radius 3 is 2.72 bits per heavy atom. The minimum Gasteiger partial charge on any atom is -0.508 e. The molecule has 18 heavy (non-hydrogen) atoms. The molecule has 0 aliphatic rings. The first kappa shape index (κ1) is 12.3. The average molecular weight is 243 g/mol. The number of methoxy groups -OCH3 is 1. The van der Waals surface area contributed by atoms with E-state index in [0.29, 0.717) is 6.54 Å². The molecule has 0 aromatic heterocycles. The summed E-state index contributed by atoms with van der Waals surface area (Å²) in [6.07, 6.45) is 0. The summed E-state index contributed by atoms with van der Waals surface area (Å²) in [7, 11) is 1.66. The lowest BCUT2D eigenvalue weighted by Gasteiger charge is -2.12. The molecule has 0 amide bonds. The predicted octanol–water partition coefficient (Wildman–Crippen LogP) is 3.32. The van der Waals surface area contributed by atoms with Crippen molar-refractivity contribution in [2.45, 2.75) is 13.5 Å². The summed E-state index contributed by atoms with van der Waals surface area (Å²) < 4.78 is 5.33. The normalized spacial score (nSPS) is 10.1. The fourth-order valence-corrected chi connectivity index (χ4v) is 1.81. The molecule has 0 aliphatic heterocycles. The lowest BCUT2D eigenvalue weighted by molar-refractivity contribution is 0.416. The van der Waals surface area contributed by atoms with E-state index in [0.717, 1.165) is 22.6 Å². The Labute approximate surface area is 107 Å². The molecular weight excluding hydrogens is 226 g/mol. The second kappa shape index (κ2) is 5.45. The number of phenolic OH excluding ortho intramolecular Hbond substituents is 1. The molecule has 0 fully saturated rings. The van der Waals surface area contributed by atoms with E-state index in [-0.39, 0.29) is 5.75 Å². The molecule has 0 spiro atoms. The fourth-order valence-electron chi connectivity index (χ4n) is 1.81. The summed E-state index contributed by atoms with van der Waals surface area (Å²) in [6, 6.07) is 13.2. The van der Waals surface area contributed by atoms with E-state index in [1.807, 2.05) is 37.3 Å². The molecule has 2 rings (SSSR count). The Morgan fingerprint density at radius 1 is 1.17 bits per heavy atom. The highest BCUT2D eigenvalue weighted by Gasteiger charge is 2.02. The van der Waals surface area contributed by atoms with Crippen molar-refractivity contribution >= 4 is 5.69 Å². The van der Waals surface area contributed by atoms with Gasteiger partial charge in [0.25, 0.3) is 0 Å². The molecule has 2 aromatic carbocycles. The zero-order valence-corrected chi connectivity index (χ0v) is 10.6. The van der Waals surface area contributed by atoms with Gasteiger partial charge in [0.05, 0.1) is 12.8 Å². The van der Waals surface area contributed by atoms with Gasteiger partial charge in [0, 0.05) is 6.54 Å². The maximum atomic E-state index is 9.39. The van der Waals surface area contributed by atoms with Crippen LogP contribution >= 0.6 is 0 Å². The summed E-state index contributed by atoms with van der Waals surface area (Å²) in [4.78, 5) is 0. The van der Waals surface area contributed by atoms with Gasteiger partial charge in [-0.05, 0) is 42.3 Å². The number of nitrogens with one attached hydrogen (secondary N) is 1. The molecule has 0 radical (unpaired) electrons. The zero-order chi connectivity index (χ0) is 13.0. The van der Waals surface area contributed by atoms with Crippen LogP contribution in [0.4, 0.5) is 5.69 Å². The number of aromatic hydroxyl groups is 1. The molecule has 94 valence electrons. The quantitative estimate of drug-likeness (QED) is 0.865. The first-order valence-electron chi connectivity index (χ1n) is 5.85. The van der Waals surface area contributed by atoms with Gasteiger partial charge in [-0.1, -0.05) is 18.2 Å². The van der Waals surface area contributed by atoms with Crippen LogP contribution in [0.25, 0.3) is 0 Å². The van der Waals surface area contributed by atoms with E-state index >= 15 is 0 Å². The summed E-state index contributed by atoms with van der Waals surface area (Å²) in [5.74, 6) is 1.11. The number of aryl methyl sites for hydroxylation is 1. The highest BCUT2D eigenvalue weighted by atomic mass is 16.5. The first-order valence-corrected chi connectivity index (χ1v) is 5.85. The molecule has 2 aromatic rings. The number of anilines is 1. The lowest BCUT2D eigenvalue weighted by Crippen LogP contribution is -2.01. The first-order chi connectivity index (χ1) is 8.69. The van der Waals surface area contributed by atoms with E-state index < -0.39 is 0 Å². The molecule has 0 aliphatic carbocycles. The van der Waals surface area contributed by atoms with Crippen LogP contribution in [0.3, 0.4) is 0 Å². The Bertz CT molecular complexity index is 538. The largest absolute Gasteiger partial charge is 0.508 e. The van der Waals surface area contributed by atoms with Gasteiger partial charge >= 0.3 is 0 Å². The minimum absolute atomic E-state index is 0.283. The second-order valence-corrected chi connectivity index (χ2v) is 4.23. The Kier molecular flexibility index (Phi) is 3.72. The van der Waals surface area contributed by atoms with Crippen LogP contribution in [0, 0.1) is 6.92 Å². The number of phenols is 1. The standard InChI is InChI=1S/C15H17NO2/c1-11-6-7-14(15(8-11)18-2)16-10-12-4-3-5-13(17)9-12/h3-9,16-17H,10H2,1-2H3. The van der Waals surface area contributed by atoms with E-state index in [2.05, 4.69) is 5.32 Å². The molecule has 0 heterocycles. The molecule has 0 saturated carbocycles. The number of hydrogen-bond donors (Lipinski definition) is 2. The topological polar surface area (TPSA) is 41.5 Å². The summed E-state index contributed by atoms with van der Waals surface area (Å²) in [6.45, 7) is 2.68. The average Bonchev–Trinajstić information content (AvgIpc) is 2.37. The van der Waals surface area contributed by atoms with E-state index in [4.69, 9.17) is 4.74 Å². The Hall–Kier alpha value is -2.16. The van der Waals surface area contributed by atoms with Gasteiger partial charge in [-0.25, -0.2) is 0 Å². The maximum absolute atomic E-state index is 9.39.